The van der Waals surface area contributed by atoms with Gasteiger partial charge in [-0.1, -0.05) is 12.1 Å². The Morgan fingerprint density at radius 1 is 0.542 bits per heavy atom. The van der Waals surface area contributed by atoms with Crippen LogP contribution < -0.4 is 0 Å². The van der Waals surface area contributed by atoms with Crippen molar-refractivity contribution < 1.29 is 49.8 Å². The molecule has 0 amide bonds. The minimum atomic E-state index is -1.83. The summed E-state index contributed by atoms with van der Waals surface area (Å²) in [5.74, 6) is -1.99. The number of hydrogen-bond donors (Lipinski definition) is 6. The molecule has 0 saturated carbocycles. The van der Waals surface area contributed by atoms with Crippen LogP contribution in [0, 0.1) is 0 Å². The number of carbonyl (C=O) groups is 4. The van der Waals surface area contributed by atoms with Gasteiger partial charge in [0.25, 0.3) is 0 Å². The lowest BCUT2D eigenvalue weighted by Crippen LogP contribution is -1.97. The van der Waals surface area contributed by atoms with Gasteiger partial charge < -0.3 is 30.6 Å². The largest absolute Gasteiger partial charge is 0.503 e. The summed E-state index contributed by atoms with van der Waals surface area (Å²) in [6.45, 7) is 0. The molecule has 0 aliphatic heterocycles. The number of aromatic carboxylic acids is 2. The lowest BCUT2D eigenvalue weighted by molar-refractivity contribution is 0.0686. The van der Waals surface area contributed by atoms with Crippen LogP contribution in [0.1, 0.15) is 20.7 Å². The number of benzene rings is 2. The van der Waals surface area contributed by atoms with Gasteiger partial charge in [0.1, 0.15) is 0 Å². The Labute approximate surface area is 133 Å². The highest BCUT2D eigenvalue weighted by atomic mass is 16.6. The van der Waals surface area contributed by atoms with E-state index < -0.39 is 24.2 Å². The highest BCUT2D eigenvalue weighted by Crippen LogP contribution is 2.18. The predicted molar refractivity (Wildman–Crippen MR) is 79.2 cm³/mol. The average molecular weight is 340 g/mol. The van der Waals surface area contributed by atoms with Crippen LogP contribution in [-0.4, -0.2) is 54.9 Å². The van der Waals surface area contributed by atoms with Gasteiger partial charge in [-0.25, -0.2) is 19.2 Å². The number of hydrogen-bond acceptors (Lipinski definition) is 4. The van der Waals surface area contributed by atoms with Crippen molar-refractivity contribution in [3.8, 4) is 0 Å². The van der Waals surface area contributed by atoms with Crippen LogP contribution >= 0.6 is 0 Å². The van der Waals surface area contributed by atoms with Gasteiger partial charge in [-0.05, 0) is 35.0 Å². The molecule has 6 N–H and O–H groups in total. The van der Waals surface area contributed by atoms with E-state index in [1.165, 1.54) is 24.3 Å². The van der Waals surface area contributed by atoms with E-state index in [-0.39, 0.29) is 11.1 Å². The van der Waals surface area contributed by atoms with Crippen molar-refractivity contribution in [1.82, 2.24) is 0 Å². The van der Waals surface area contributed by atoms with E-state index in [0.717, 1.165) is 0 Å². The molecule has 0 aliphatic rings. The van der Waals surface area contributed by atoms with E-state index >= 15 is 0 Å². The molecule has 128 valence electrons. The smallest absolute Gasteiger partial charge is 0.478 e. The molecular weight excluding hydrogens is 328 g/mol. The summed E-state index contributed by atoms with van der Waals surface area (Å²) in [7, 11) is 0. The zero-order valence-electron chi connectivity index (χ0n) is 11.8. The van der Waals surface area contributed by atoms with Gasteiger partial charge in [0.05, 0.1) is 11.1 Å². The Hall–Kier alpha value is -3.82. The molecule has 2 aromatic rings. The van der Waals surface area contributed by atoms with E-state index in [2.05, 4.69) is 0 Å². The third-order valence-electron chi connectivity index (χ3n) is 2.33. The monoisotopic (exact) mass is 340 g/mol. The van der Waals surface area contributed by atoms with E-state index in [1.807, 2.05) is 0 Å². The van der Waals surface area contributed by atoms with Crippen molar-refractivity contribution in [1.29, 1.82) is 0 Å². The summed E-state index contributed by atoms with van der Waals surface area (Å²) >= 11 is 0. The molecule has 0 atom stereocenters. The van der Waals surface area contributed by atoms with E-state index in [0.29, 0.717) is 10.8 Å². The number of carboxylic acid groups (broad SMARTS) is 6. The first-order valence-corrected chi connectivity index (χ1v) is 5.88. The molecule has 0 spiro atoms. The maximum atomic E-state index is 10.7. The molecule has 0 bridgehead atoms. The molecule has 24 heavy (non-hydrogen) atoms. The highest BCUT2D eigenvalue weighted by Gasteiger charge is 2.06. The van der Waals surface area contributed by atoms with Crippen molar-refractivity contribution in [3.05, 3.63) is 47.5 Å². The van der Waals surface area contributed by atoms with E-state index in [1.54, 1.807) is 12.1 Å². The predicted octanol–water partition coefficient (Wildman–Crippen LogP) is 2.68. The van der Waals surface area contributed by atoms with Gasteiger partial charge in [0, 0.05) is 0 Å². The van der Waals surface area contributed by atoms with Crippen molar-refractivity contribution >= 4 is 35.0 Å². The standard InChI is InChI=1S/C12H8O4.2CH2O3/c13-11(14)9-3-1-7-5-10(12(15)16)4-2-8(7)6-9;2*2-1(3)4/h1-6H,(H,13,14)(H,15,16);2*(H2,2,3,4). The second-order valence-corrected chi connectivity index (χ2v) is 3.95. The molecule has 0 unspecified atom stereocenters. The molecule has 10 heteroatoms. The van der Waals surface area contributed by atoms with E-state index in [9.17, 15) is 9.59 Å². The lowest BCUT2D eigenvalue weighted by atomic mass is 10.0. The molecule has 0 aliphatic carbocycles. The van der Waals surface area contributed by atoms with Gasteiger partial charge in [-0.2, -0.15) is 0 Å². The van der Waals surface area contributed by atoms with Gasteiger partial charge in [0.15, 0.2) is 0 Å². The molecule has 0 saturated heterocycles. The molecular formula is C14H12O10. The van der Waals surface area contributed by atoms with Gasteiger partial charge in [-0.15, -0.1) is 0 Å². The summed E-state index contributed by atoms with van der Waals surface area (Å²) in [5, 5.41) is 46.9. The normalized spacial score (nSPS) is 8.83. The van der Waals surface area contributed by atoms with Crippen LogP contribution in [0.4, 0.5) is 9.59 Å². The lowest BCUT2D eigenvalue weighted by Gasteiger charge is -2.01. The maximum absolute atomic E-state index is 10.7. The average Bonchev–Trinajstić information content (AvgIpc) is 2.44. The Bertz CT molecular complexity index is 692. The van der Waals surface area contributed by atoms with Crippen LogP contribution in [0.2, 0.25) is 0 Å². The van der Waals surface area contributed by atoms with Gasteiger partial charge in [0.2, 0.25) is 0 Å². The number of rotatable bonds is 2. The van der Waals surface area contributed by atoms with Crippen LogP contribution in [-0.2, 0) is 0 Å². The quantitative estimate of drug-likeness (QED) is 0.473. The van der Waals surface area contributed by atoms with Gasteiger partial charge in [-0.3, -0.25) is 0 Å². The molecule has 0 fully saturated rings. The zero-order chi connectivity index (χ0) is 18.9. The van der Waals surface area contributed by atoms with Crippen LogP contribution in [0.5, 0.6) is 0 Å². The minimum absolute atomic E-state index is 0.190. The summed E-state index contributed by atoms with van der Waals surface area (Å²) in [5.41, 5.74) is 0.381. The second kappa shape index (κ2) is 9.25. The SMILES string of the molecule is O=C(O)O.O=C(O)O.O=C(O)c1ccc2cc(C(=O)O)ccc2c1. The zero-order valence-corrected chi connectivity index (χ0v) is 11.8. The van der Waals surface area contributed by atoms with Crippen molar-refractivity contribution in [3.63, 3.8) is 0 Å². The Balaban J connectivity index is 0.000000558. The van der Waals surface area contributed by atoms with Crippen molar-refractivity contribution in [2.75, 3.05) is 0 Å². The molecule has 0 aromatic heterocycles. The van der Waals surface area contributed by atoms with Crippen LogP contribution in [0.3, 0.4) is 0 Å². The Morgan fingerprint density at radius 3 is 1.00 bits per heavy atom. The Morgan fingerprint density at radius 2 is 0.792 bits per heavy atom. The fourth-order valence-corrected chi connectivity index (χ4v) is 1.51. The summed E-state index contributed by atoms with van der Waals surface area (Å²) in [6.07, 6.45) is -3.67. The maximum Gasteiger partial charge on any atom is 0.503 e. The third-order valence-corrected chi connectivity index (χ3v) is 2.33. The minimum Gasteiger partial charge on any atom is -0.478 e. The van der Waals surface area contributed by atoms with Crippen LogP contribution in [0.15, 0.2) is 36.4 Å². The number of fused-ring (bicyclic) bond motifs is 1. The molecule has 2 rings (SSSR count). The topological polar surface area (TPSA) is 190 Å². The molecule has 0 heterocycles. The first kappa shape index (κ1) is 20.2. The Kier molecular flexibility index (Phi) is 7.78. The summed E-state index contributed by atoms with van der Waals surface area (Å²) in [4.78, 5) is 38.6. The fourth-order valence-electron chi connectivity index (χ4n) is 1.51. The van der Waals surface area contributed by atoms with Gasteiger partial charge >= 0.3 is 24.2 Å². The van der Waals surface area contributed by atoms with Crippen molar-refractivity contribution in [2.24, 2.45) is 0 Å². The van der Waals surface area contributed by atoms with Crippen molar-refractivity contribution in [2.45, 2.75) is 0 Å². The fraction of sp³-hybridized carbons (Fsp3) is 0. The molecule has 2 aromatic carbocycles. The third kappa shape index (κ3) is 7.83. The highest BCUT2D eigenvalue weighted by molar-refractivity contribution is 5.97. The first-order chi connectivity index (χ1) is 11.0. The molecule has 10 nitrogen and oxygen atoms in total. The number of carboxylic acids is 2. The van der Waals surface area contributed by atoms with Crippen LogP contribution in [0.25, 0.3) is 10.8 Å². The summed E-state index contributed by atoms with van der Waals surface area (Å²) in [6, 6.07) is 9.15. The van der Waals surface area contributed by atoms with E-state index in [4.69, 9.17) is 40.2 Å². The first-order valence-electron chi connectivity index (χ1n) is 5.88. The molecule has 0 radical (unpaired) electrons. The second-order valence-electron chi connectivity index (χ2n) is 3.95. The summed E-state index contributed by atoms with van der Waals surface area (Å²) < 4.78 is 0.